The van der Waals surface area contributed by atoms with Gasteiger partial charge in [0.15, 0.2) is 6.20 Å². The summed E-state index contributed by atoms with van der Waals surface area (Å²) in [5, 5.41) is 44.2. The first kappa shape index (κ1) is 66.6. The van der Waals surface area contributed by atoms with Crippen molar-refractivity contribution < 1.29 is 59.3 Å². The number of hydrogen-bond donors (Lipinski definition) is 2. The average Bonchev–Trinajstić information content (AvgIpc) is 0.896. The van der Waals surface area contributed by atoms with Crippen LogP contribution in [-0.2, 0) is 20.1 Å². The molecule has 0 fully saturated rings. The monoisotopic (exact) mass is 1420 g/mol. The number of thiophene rings is 1. The summed E-state index contributed by atoms with van der Waals surface area (Å²) in [6.07, 6.45) is 9.29. The van der Waals surface area contributed by atoms with Gasteiger partial charge in [0, 0.05) is 44.9 Å². The molecule has 0 radical (unpaired) electrons. The van der Waals surface area contributed by atoms with Crippen molar-refractivity contribution in [2.45, 2.75) is 32.5 Å². The van der Waals surface area contributed by atoms with Gasteiger partial charge in [-0.05, 0) is 176 Å². The van der Waals surface area contributed by atoms with Crippen molar-refractivity contribution in [2.24, 2.45) is 0 Å². The smallest absolute Gasteiger partial charge is 0.868 e. The summed E-state index contributed by atoms with van der Waals surface area (Å²) in [5.41, 5.74) is 10.9. The van der Waals surface area contributed by atoms with Crippen molar-refractivity contribution in [3.05, 3.63) is 317 Å². The molecule has 0 amide bonds. The molecule has 4 aromatic heterocycles. The van der Waals surface area contributed by atoms with Crippen molar-refractivity contribution in [3.8, 4) is 50.5 Å². The van der Waals surface area contributed by atoms with E-state index in [0.717, 1.165) is 33.6 Å². The van der Waals surface area contributed by atoms with Gasteiger partial charge in [0.25, 0.3) is 0 Å². The molecule has 0 saturated carbocycles. The molecule has 17 rings (SSSR count). The first-order chi connectivity index (χ1) is 45.6. The molecule has 16 aromatic rings. The second kappa shape index (κ2) is 30.9. The molecule has 2 atom stereocenters. The van der Waals surface area contributed by atoms with Gasteiger partial charge in [-0.3, -0.25) is 4.98 Å². The Hall–Kier alpha value is -9.82. The minimum atomic E-state index is -0.375. The van der Waals surface area contributed by atoms with Crippen LogP contribution in [0.5, 0.6) is 5.75 Å². The van der Waals surface area contributed by atoms with E-state index in [0.29, 0.717) is 11.9 Å². The number of para-hydroxylation sites is 2. The number of nitrogens with zero attached hydrogens (tertiary/aromatic N) is 4. The first-order valence-corrected chi connectivity index (χ1v) is 31.9. The molecule has 11 heteroatoms. The van der Waals surface area contributed by atoms with Crippen LogP contribution in [0, 0.1) is 18.8 Å². The van der Waals surface area contributed by atoms with E-state index in [2.05, 4.69) is 192 Å². The molecule has 1 aliphatic rings. The number of nitrogens with one attached hydrogen (secondary N) is 1. The van der Waals surface area contributed by atoms with Gasteiger partial charge in [0.2, 0.25) is 5.52 Å². The van der Waals surface area contributed by atoms with Crippen molar-refractivity contribution >= 4 is 102 Å². The number of aromatic amines is 1. The molecule has 1 aliphatic heterocycles. The van der Waals surface area contributed by atoms with Crippen LogP contribution in [-0.4, -0.2) is 44.3 Å². The minimum Gasteiger partial charge on any atom is -0.868 e. The van der Waals surface area contributed by atoms with E-state index >= 15 is 0 Å². The second-order valence-corrected chi connectivity index (χ2v) is 24.1. The average molecular weight is 1420 g/mol. The van der Waals surface area contributed by atoms with Gasteiger partial charge in [0.05, 0.1) is 22.6 Å². The molecule has 8 nitrogen and oxygen atoms in total. The maximum absolute atomic E-state index is 11.1. The standard InChI is InChI=1S/C45H27NS.C15H10N.C10H10N2.C9H7NO.C5H12O2.Ir.Li/c1-3-11-30-25-32(19-17-28(30)9-1)42-36-14-5-6-15-37(36)43(33-20-18-29-10-2-4-12-31(29)26-33)40-27-34(21-22-38(40)42)44-45-39(23-24-46-44)35-13-7-8-16-41(35)47-45;1-2-7-13(8-3-1)15-14-9-5-4-6-12(14)10-11-16-15;1-11-7-8-12(9-11)10-5-3-2-4-6-10;11-8-5-1-3-7-4-2-6-10-9(7)8;1-4(6)3-5(2)7;;/h1-27H;1-7,9-11H;2-5,7-9H,1H3;1-6,11H;4-7H,3H2,1-2H3;;/q;-1;-2;;;+3;+1. The largest absolute Gasteiger partial charge is 3.00 e. The number of rotatable bonds is 7. The third-order valence-electron chi connectivity index (χ3n) is 16.4. The number of pyridine rings is 3. The summed E-state index contributed by atoms with van der Waals surface area (Å²) in [5.74, 6) is 0.0445. The predicted molar refractivity (Wildman–Crippen MR) is 386 cm³/mol. The summed E-state index contributed by atoms with van der Waals surface area (Å²) < 4.78 is 2.52. The predicted octanol–water partition coefficient (Wildman–Crippen LogP) is 16.5. The van der Waals surface area contributed by atoms with Crippen LogP contribution in [0.15, 0.2) is 298 Å². The molecule has 460 valence electrons. The van der Waals surface area contributed by atoms with Crippen LogP contribution in [0.1, 0.15) is 20.3 Å². The van der Waals surface area contributed by atoms with Crippen molar-refractivity contribution in [2.75, 3.05) is 11.9 Å². The van der Waals surface area contributed by atoms with Gasteiger partial charge in [0.1, 0.15) is 0 Å². The molecule has 95 heavy (non-hydrogen) atoms. The van der Waals surface area contributed by atoms with E-state index in [1.165, 1.54) is 96.3 Å². The molecule has 0 aliphatic carbocycles. The topological polar surface area (TPSA) is 110 Å². The molecule has 0 saturated heterocycles. The fraction of sp³-hybridized carbons (Fsp3) is 0.0714. The maximum Gasteiger partial charge on any atom is 3.00 e. The Bertz CT molecular complexity index is 5300. The Balaban J connectivity index is 0.000000154. The van der Waals surface area contributed by atoms with E-state index in [-0.39, 0.29) is 56.9 Å². The zero-order valence-corrected chi connectivity index (χ0v) is 56.3. The van der Waals surface area contributed by atoms with E-state index in [4.69, 9.17) is 15.2 Å². The van der Waals surface area contributed by atoms with E-state index in [9.17, 15) is 5.11 Å². The summed E-state index contributed by atoms with van der Waals surface area (Å²) in [7, 11) is 2.00. The van der Waals surface area contributed by atoms with Crippen LogP contribution in [0.2, 0.25) is 0 Å². The number of hydrogen-bond acceptors (Lipinski definition) is 8. The van der Waals surface area contributed by atoms with Gasteiger partial charge in [-0.15, -0.1) is 52.9 Å². The number of fused-ring (bicyclic) bond motifs is 9. The normalized spacial score (nSPS) is 12.2. The molecule has 12 aromatic carbocycles. The fourth-order valence-electron chi connectivity index (χ4n) is 12.1. The summed E-state index contributed by atoms with van der Waals surface area (Å²) in [6.45, 7) is 5.32. The van der Waals surface area contributed by atoms with E-state index in [1.54, 1.807) is 32.2 Å². The number of aromatic nitrogens is 3. The molecule has 0 spiro atoms. The molecule has 0 bridgehead atoms. The van der Waals surface area contributed by atoms with Crippen molar-refractivity contribution in [1.29, 1.82) is 0 Å². The number of H-pyrrole nitrogens is 1. The maximum atomic E-state index is 11.1. The SMILES string of the molecule is CC(O)CC(C)O.CN1C=CN(c2[c-]cccc2)[CH-]1.[Ir+3].[Li+].[O-]c1cccc2ccc[nH+]c12.[c-]1ccccc1-c1nccc2ccccc12.c1ccc2cc(-c3c4ccccc4c(-c4ccc5ccccc5c4)c4cc(-c5nccc6c5sc5ccccc56)ccc34)ccc2c1. The van der Waals surface area contributed by atoms with Gasteiger partial charge in [-0.1, -0.05) is 164 Å². The van der Waals surface area contributed by atoms with Gasteiger partial charge in [-0.2, -0.15) is 37.0 Å². The number of anilines is 1. The van der Waals surface area contributed by atoms with Crippen LogP contribution < -0.4 is 33.9 Å². The zero-order valence-electron chi connectivity index (χ0n) is 53.1. The molecule has 2 unspecified atom stereocenters. The van der Waals surface area contributed by atoms with Crippen LogP contribution in [0.25, 0.3) is 130 Å². The van der Waals surface area contributed by atoms with Crippen molar-refractivity contribution in [1.82, 2.24) is 14.9 Å². The van der Waals surface area contributed by atoms with Gasteiger partial charge < -0.3 is 30.1 Å². The van der Waals surface area contributed by atoms with Crippen LogP contribution in [0.3, 0.4) is 0 Å². The van der Waals surface area contributed by atoms with Gasteiger partial charge >= 0.3 is 39.0 Å². The first-order valence-electron chi connectivity index (χ1n) is 31.1. The second-order valence-electron chi connectivity index (χ2n) is 23.0. The number of aliphatic hydroxyl groups excluding tert-OH is 2. The van der Waals surface area contributed by atoms with E-state index < -0.39 is 0 Å². The summed E-state index contributed by atoms with van der Waals surface area (Å²) in [4.78, 5) is 16.4. The Morgan fingerprint density at radius 1 is 0.484 bits per heavy atom. The minimum absolute atomic E-state index is 0. The molecular weight excluding hydrogens is 1360 g/mol. The molecule has 3 N–H and O–H groups in total. The summed E-state index contributed by atoms with van der Waals surface area (Å²) in [6, 6.07) is 99.3. The van der Waals surface area contributed by atoms with E-state index in [1.807, 2.05) is 145 Å². The summed E-state index contributed by atoms with van der Waals surface area (Å²) >= 11 is 1.83. The number of aliphatic hydroxyl groups is 2. The Morgan fingerprint density at radius 2 is 1.03 bits per heavy atom. The quantitative estimate of drug-likeness (QED) is 0.0929. The number of benzene rings is 12. The van der Waals surface area contributed by atoms with Crippen LogP contribution >= 0.6 is 11.3 Å². The Kier molecular flexibility index (Phi) is 21.7. The zero-order chi connectivity index (χ0) is 63.6. The molecular formula is C84H66IrLiN5O3S+. The van der Waals surface area contributed by atoms with Gasteiger partial charge in [-0.25, -0.2) is 4.98 Å². The third-order valence-corrected chi connectivity index (χ3v) is 17.6. The molecule has 5 heterocycles. The van der Waals surface area contributed by atoms with Crippen LogP contribution in [0.4, 0.5) is 5.69 Å². The Morgan fingerprint density at radius 3 is 1.65 bits per heavy atom. The Labute approximate surface area is 583 Å². The third kappa shape index (κ3) is 15.1. The van der Waals surface area contributed by atoms with Crippen molar-refractivity contribution in [3.63, 3.8) is 0 Å². The fourth-order valence-corrected chi connectivity index (χ4v) is 13.3.